The van der Waals surface area contributed by atoms with Crippen LogP contribution in [0.2, 0.25) is 0 Å². The van der Waals surface area contributed by atoms with E-state index in [1.807, 2.05) is 13.8 Å². The van der Waals surface area contributed by atoms with Gasteiger partial charge in [0.15, 0.2) is 11.6 Å². The second-order valence-electron chi connectivity index (χ2n) is 9.13. The molecule has 3 aromatic rings. The van der Waals surface area contributed by atoms with Crippen LogP contribution in [0.3, 0.4) is 0 Å². The van der Waals surface area contributed by atoms with E-state index in [4.69, 9.17) is 10.5 Å². The number of nitrogen functional groups attached to an aromatic ring is 1. The molecule has 0 saturated carbocycles. The summed E-state index contributed by atoms with van der Waals surface area (Å²) in [7, 11) is 0. The van der Waals surface area contributed by atoms with Gasteiger partial charge in [-0.1, -0.05) is 54.1 Å². The predicted molar refractivity (Wildman–Crippen MR) is 147 cm³/mol. The highest BCUT2D eigenvalue weighted by Gasteiger charge is 2.34. The Bertz CT molecular complexity index is 1280. The summed E-state index contributed by atoms with van der Waals surface area (Å²) in [6.45, 7) is 3.77. The number of aromatic hydroxyl groups is 1. The van der Waals surface area contributed by atoms with Crippen LogP contribution < -0.4 is 16.4 Å². The van der Waals surface area contributed by atoms with Gasteiger partial charge in [-0.05, 0) is 73.0 Å². The molecule has 0 aliphatic heterocycles. The minimum Gasteiger partial charge on any atom is -0.505 e. The van der Waals surface area contributed by atoms with Crippen molar-refractivity contribution < 1.29 is 23.8 Å². The summed E-state index contributed by atoms with van der Waals surface area (Å²) in [4.78, 5) is 25.0. The number of anilines is 3. The summed E-state index contributed by atoms with van der Waals surface area (Å²) >= 11 is 3.34. The van der Waals surface area contributed by atoms with Crippen LogP contribution in [0.5, 0.6) is 5.75 Å². The van der Waals surface area contributed by atoms with E-state index in [1.165, 1.54) is 18.2 Å². The van der Waals surface area contributed by atoms with Gasteiger partial charge in [0.1, 0.15) is 6.10 Å². The summed E-state index contributed by atoms with van der Waals surface area (Å²) in [6.07, 6.45) is 2.57. The van der Waals surface area contributed by atoms with E-state index in [1.54, 1.807) is 54.6 Å². The number of hydrogen-bond donors (Lipinski definition) is 4. The average Bonchev–Trinajstić information content (AvgIpc) is 2.85. The quantitative estimate of drug-likeness (QED) is 0.161. The van der Waals surface area contributed by atoms with Crippen LogP contribution in [0.1, 0.15) is 38.4 Å². The number of nitrogens with one attached hydrogen (secondary N) is 2. The third kappa shape index (κ3) is 8.08. The van der Waals surface area contributed by atoms with E-state index < -0.39 is 29.2 Å². The maximum absolute atomic E-state index is 14.2. The fourth-order valence-electron chi connectivity index (χ4n) is 3.71. The zero-order valence-electron chi connectivity index (χ0n) is 20.5. The molecule has 2 amide bonds. The summed E-state index contributed by atoms with van der Waals surface area (Å²) in [5.41, 5.74) is 7.12. The third-order valence-electron chi connectivity index (χ3n) is 5.74. The number of nitrogens with two attached hydrogens (primary N) is 1. The minimum absolute atomic E-state index is 0.321. The van der Waals surface area contributed by atoms with Gasteiger partial charge in [0, 0.05) is 15.6 Å². The van der Waals surface area contributed by atoms with Gasteiger partial charge in [0.05, 0.1) is 11.4 Å². The van der Waals surface area contributed by atoms with Crippen LogP contribution >= 0.6 is 15.9 Å². The molecule has 1 atom stereocenters. The number of phenolic OH excluding ortho intramolecular Hbond substituents is 1. The molecule has 0 aliphatic rings. The maximum Gasteiger partial charge on any atom is 0.412 e. The van der Waals surface area contributed by atoms with E-state index in [2.05, 4.69) is 26.6 Å². The van der Waals surface area contributed by atoms with Crippen molar-refractivity contribution in [1.29, 1.82) is 0 Å². The lowest BCUT2D eigenvalue weighted by molar-refractivity contribution is -0.111. The van der Waals surface area contributed by atoms with Crippen molar-refractivity contribution in [1.82, 2.24) is 0 Å². The fraction of sp³-hybridized carbons (Fsp3) is 0.214. The van der Waals surface area contributed by atoms with Gasteiger partial charge in [-0.3, -0.25) is 10.1 Å². The van der Waals surface area contributed by atoms with Crippen molar-refractivity contribution in [2.75, 3.05) is 16.4 Å². The standard InChI is InChI=1S/C28H29BrFN3O4/c1-28(2,16-6-5-9-25(35)33-23-8-4-3-7-22(23)31)26(18-10-15-24(34)21(30)17-18)37-27(36)32-20-13-11-19(29)12-14-20/h3-5,7-15,17,26,34H,6,16,31H2,1-2H3,(H,32,36)(H,33,35)/b9-5+/t26-/m0/s1. The summed E-state index contributed by atoms with van der Waals surface area (Å²) in [5, 5.41) is 15.0. The van der Waals surface area contributed by atoms with Gasteiger partial charge in [0.25, 0.3) is 0 Å². The molecule has 37 heavy (non-hydrogen) atoms. The molecule has 5 N–H and O–H groups in total. The maximum atomic E-state index is 14.2. The number of ether oxygens (including phenoxy) is 1. The highest BCUT2D eigenvalue weighted by molar-refractivity contribution is 9.10. The number of amides is 2. The molecule has 0 saturated heterocycles. The molecule has 7 nitrogen and oxygen atoms in total. The molecular formula is C28H29BrFN3O4. The van der Waals surface area contributed by atoms with Gasteiger partial charge in [0.2, 0.25) is 5.91 Å². The predicted octanol–water partition coefficient (Wildman–Crippen LogP) is 7.17. The molecule has 0 bridgehead atoms. The normalized spacial score (nSPS) is 12.2. The monoisotopic (exact) mass is 569 g/mol. The Hall–Kier alpha value is -3.85. The van der Waals surface area contributed by atoms with E-state index in [-0.39, 0.29) is 5.91 Å². The van der Waals surface area contributed by atoms with Crippen LogP contribution in [-0.2, 0) is 9.53 Å². The first-order valence-corrected chi connectivity index (χ1v) is 12.4. The van der Waals surface area contributed by atoms with E-state index in [0.717, 1.165) is 10.5 Å². The molecule has 194 valence electrons. The Kier molecular flexibility index (Phi) is 9.30. The van der Waals surface area contributed by atoms with Gasteiger partial charge < -0.3 is 20.9 Å². The van der Waals surface area contributed by atoms with Gasteiger partial charge in [-0.15, -0.1) is 0 Å². The first-order valence-electron chi connectivity index (χ1n) is 11.6. The van der Waals surface area contributed by atoms with Crippen molar-refractivity contribution in [3.8, 4) is 5.75 Å². The Morgan fingerprint density at radius 2 is 1.81 bits per heavy atom. The highest BCUT2D eigenvalue weighted by Crippen LogP contribution is 2.41. The molecular weight excluding hydrogens is 541 g/mol. The molecule has 3 aromatic carbocycles. The third-order valence-corrected chi connectivity index (χ3v) is 6.27. The van der Waals surface area contributed by atoms with Crippen LogP contribution in [0.4, 0.5) is 26.2 Å². The molecule has 0 heterocycles. The number of benzene rings is 3. The summed E-state index contributed by atoms with van der Waals surface area (Å²) in [6, 6.07) is 17.8. The number of rotatable bonds is 9. The molecule has 3 rings (SSSR count). The highest BCUT2D eigenvalue weighted by atomic mass is 79.9. The van der Waals surface area contributed by atoms with Crippen LogP contribution in [0.15, 0.2) is 83.4 Å². The molecule has 0 fully saturated rings. The van der Waals surface area contributed by atoms with Crippen LogP contribution in [0.25, 0.3) is 0 Å². The van der Waals surface area contributed by atoms with Gasteiger partial charge >= 0.3 is 6.09 Å². The Balaban J connectivity index is 1.70. The molecule has 0 spiro atoms. The van der Waals surface area contributed by atoms with Gasteiger partial charge in [-0.25, -0.2) is 9.18 Å². The summed E-state index contributed by atoms with van der Waals surface area (Å²) in [5.74, 6) is -1.63. The molecule has 0 unspecified atom stereocenters. The van der Waals surface area contributed by atoms with Crippen LogP contribution in [0, 0.1) is 11.2 Å². The van der Waals surface area contributed by atoms with E-state index in [0.29, 0.717) is 35.5 Å². The first kappa shape index (κ1) is 27.7. The van der Waals surface area contributed by atoms with Crippen molar-refractivity contribution >= 4 is 45.0 Å². The second kappa shape index (κ2) is 12.4. The van der Waals surface area contributed by atoms with Crippen molar-refractivity contribution in [3.05, 3.63) is 94.7 Å². The average molecular weight is 570 g/mol. The number of halogens is 2. The van der Waals surface area contributed by atoms with E-state index in [9.17, 15) is 19.1 Å². The molecule has 0 aromatic heterocycles. The van der Waals surface area contributed by atoms with Crippen molar-refractivity contribution in [3.63, 3.8) is 0 Å². The number of allylic oxidation sites excluding steroid dienone is 1. The Morgan fingerprint density at radius 1 is 1.11 bits per heavy atom. The first-order chi connectivity index (χ1) is 17.5. The van der Waals surface area contributed by atoms with Crippen molar-refractivity contribution in [2.45, 2.75) is 32.8 Å². The lowest BCUT2D eigenvalue weighted by Crippen LogP contribution is -2.29. The largest absolute Gasteiger partial charge is 0.505 e. The zero-order valence-corrected chi connectivity index (χ0v) is 22.1. The van der Waals surface area contributed by atoms with Gasteiger partial charge in [-0.2, -0.15) is 0 Å². The Morgan fingerprint density at radius 3 is 2.49 bits per heavy atom. The second-order valence-corrected chi connectivity index (χ2v) is 10.0. The molecule has 0 radical (unpaired) electrons. The number of carbonyl (C=O) groups is 2. The van der Waals surface area contributed by atoms with Crippen LogP contribution in [-0.4, -0.2) is 17.1 Å². The molecule has 9 heteroatoms. The topological polar surface area (TPSA) is 114 Å². The summed E-state index contributed by atoms with van der Waals surface area (Å²) < 4.78 is 20.8. The number of carbonyl (C=O) groups excluding carboxylic acids is 2. The minimum atomic E-state index is -0.843. The van der Waals surface area contributed by atoms with Crippen molar-refractivity contribution in [2.24, 2.45) is 5.41 Å². The fourth-order valence-corrected chi connectivity index (χ4v) is 3.98. The zero-order chi connectivity index (χ0) is 27.0. The van der Waals surface area contributed by atoms with E-state index >= 15 is 0 Å². The Labute approximate surface area is 223 Å². The lowest BCUT2D eigenvalue weighted by Gasteiger charge is -2.34. The number of hydrogen-bond acceptors (Lipinski definition) is 5. The number of para-hydroxylation sites is 2. The SMILES string of the molecule is CC(C)(CC/C=C/C(=O)Nc1ccccc1N)[C@@H](OC(=O)Nc1ccc(Br)cc1)c1ccc(O)c(F)c1. The number of phenols is 1. The lowest BCUT2D eigenvalue weighted by atomic mass is 9.78. The smallest absolute Gasteiger partial charge is 0.412 e. The molecule has 0 aliphatic carbocycles.